The fourth-order valence-electron chi connectivity index (χ4n) is 1.58. The van der Waals surface area contributed by atoms with Gasteiger partial charge < -0.3 is 0 Å². The summed E-state index contributed by atoms with van der Waals surface area (Å²) in [4.78, 5) is -2.01. The fourth-order valence-corrected chi connectivity index (χ4v) is 2.61. The van der Waals surface area contributed by atoms with Gasteiger partial charge in [0.05, 0.1) is 6.61 Å². The van der Waals surface area contributed by atoms with Gasteiger partial charge in [0.1, 0.15) is 0 Å². The second-order valence-corrected chi connectivity index (χ2v) is 5.65. The summed E-state index contributed by atoms with van der Waals surface area (Å²) >= 11 is 0. The van der Waals surface area contributed by atoms with Crippen LogP contribution in [0.1, 0.15) is 5.56 Å². The number of rotatable bonds is 4. The maximum Gasteiger partial charge on any atom is 0.303 e. The topological polar surface area (TPSA) is 43.4 Å². The molecule has 0 saturated heterocycles. The van der Waals surface area contributed by atoms with E-state index in [2.05, 4.69) is 4.18 Å². The summed E-state index contributed by atoms with van der Waals surface area (Å²) in [6.45, 7) is -0.622. The van der Waals surface area contributed by atoms with Gasteiger partial charge in [-0.15, -0.1) is 0 Å². The van der Waals surface area contributed by atoms with Crippen LogP contribution in [0.4, 0.5) is 22.0 Å². The third-order valence-corrected chi connectivity index (χ3v) is 3.93. The van der Waals surface area contributed by atoms with E-state index in [-0.39, 0.29) is 0 Å². The highest BCUT2D eigenvalue weighted by atomic mass is 32.2. The van der Waals surface area contributed by atoms with E-state index >= 15 is 0 Å². The Morgan fingerprint density at radius 2 is 1.23 bits per heavy atom. The van der Waals surface area contributed by atoms with E-state index in [9.17, 15) is 30.4 Å². The first kappa shape index (κ1) is 16.4. The van der Waals surface area contributed by atoms with Crippen molar-refractivity contribution in [3.8, 4) is 0 Å². The number of hydrogen-bond acceptors (Lipinski definition) is 3. The standard InChI is InChI=1S/C13H7F5O3S/c14-8-9(15)11(17)13(12(18)10(8)16)22(19,20)21-6-7-4-2-1-3-5-7/h1-5H,6H2. The third-order valence-electron chi connectivity index (χ3n) is 2.64. The summed E-state index contributed by atoms with van der Waals surface area (Å²) in [7, 11) is -5.18. The normalized spacial score (nSPS) is 11.7. The Morgan fingerprint density at radius 1 is 0.773 bits per heavy atom. The Kier molecular flexibility index (Phi) is 4.47. The molecule has 0 radical (unpaired) electrons. The molecule has 2 rings (SSSR count). The van der Waals surface area contributed by atoms with Crippen LogP contribution in [0.5, 0.6) is 0 Å². The molecule has 2 aromatic carbocycles. The Hall–Kier alpha value is -2.00. The molecule has 0 heterocycles. The predicted molar refractivity (Wildman–Crippen MR) is 64.6 cm³/mol. The van der Waals surface area contributed by atoms with Crippen LogP contribution in [0.15, 0.2) is 35.2 Å². The summed E-state index contributed by atoms with van der Waals surface area (Å²) < 4.78 is 93.6. The van der Waals surface area contributed by atoms with Crippen LogP contribution in [-0.4, -0.2) is 8.42 Å². The van der Waals surface area contributed by atoms with Crippen LogP contribution in [0, 0.1) is 29.1 Å². The molecule has 0 aliphatic heterocycles. The second-order valence-electron chi connectivity index (χ2n) is 4.10. The maximum atomic E-state index is 13.4. The van der Waals surface area contributed by atoms with E-state index < -0.39 is 50.7 Å². The van der Waals surface area contributed by atoms with Crippen molar-refractivity contribution < 1.29 is 34.6 Å². The molecule has 2 aromatic rings. The van der Waals surface area contributed by atoms with E-state index in [4.69, 9.17) is 0 Å². The molecular weight excluding hydrogens is 331 g/mol. The SMILES string of the molecule is O=S(=O)(OCc1ccccc1)c1c(F)c(F)c(F)c(F)c1F. The lowest BCUT2D eigenvalue weighted by Crippen LogP contribution is -2.15. The average Bonchev–Trinajstić information content (AvgIpc) is 2.50. The zero-order chi connectivity index (χ0) is 16.5. The first-order valence-corrected chi connectivity index (χ1v) is 7.11. The Labute approximate surface area is 122 Å². The fraction of sp³-hybridized carbons (Fsp3) is 0.0769. The third kappa shape index (κ3) is 2.95. The average molecular weight is 338 g/mol. The molecule has 0 amide bonds. The van der Waals surface area contributed by atoms with Gasteiger partial charge in [-0.3, -0.25) is 4.18 Å². The van der Waals surface area contributed by atoms with Crippen molar-refractivity contribution in [2.24, 2.45) is 0 Å². The predicted octanol–water partition coefficient (Wildman–Crippen LogP) is 3.29. The molecule has 0 atom stereocenters. The van der Waals surface area contributed by atoms with Crippen molar-refractivity contribution in [3.63, 3.8) is 0 Å². The number of hydrogen-bond donors (Lipinski definition) is 0. The van der Waals surface area contributed by atoms with Crippen molar-refractivity contribution in [1.29, 1.82) is 0 Å². The van der Waals surface area contributed by atoms with E-state index in [1.54, 1.807) is 18.2 Å². The van der Waals surface area contributed by atoms with Crippen molar-refractivity contribution >= 4 is 10.1 Å². The Balaban J connectivity index is 2.42. The summed E-state index contributed by atoms with van der Waals surface area (Å²) in [5.41, 5.74) is 0.329. The lowest BCUT2D eigenvalue weighted by atomic mass is 10.2. The maximum absolute atomic E-state index is 13.4. The number of halogens is 5. The number of benzene rings is 2. The molecule has 0 aliphatic carbocycles. The van der Waals surface area contributed by atoms with Gasteiger partial charge in [-0.1, -0.05) is 30.3 Å². The van der Waals surface area contributed by atoms with Gasteiger partial charge in [0.25, 0.3) is 0 Å². The molecule has 0 spiro atoms. The van der Waals surface area contributed by atoms with Crippen LogP contribution < -0.4 is 0 Å². The van der Waals surface area contributed by atoms with Gasteiger partial charge in [0.2, 0.25) is 5.82 Å². The lowest BCUT2D eigenvalue weighted by Gasteiger charge is -2.09. The van der Waals surface area contributed by atoms with Gasteiger partial charge >= 0.3 is 10.1 Å². The van der Waals surface area contributed by atoms with Crippen LogP contribution in [-0.2, 0) is 20.9 Å². The monoisotopic (exact) mass is 338 g/mol. The summed E-state index contributed by atoms with van der Waals surface area (Å²) in [6.07, 6.45) is 0. The van der Waals surface area contributed by atoms with Crippen LogP contribution in [0.2, 0.25) is 0 Å². The largest absolute Gasteiger partial charge is 0.303 e. The minimum absolute atomic E-state index is 0.329. The zero-order valence-corrected chi connectivity index (χ0v) is 11.4. The molecule has 0 unspecified atom stereocenters. The summed E-state index contributed by atoms with van der Waals surface area (Å²) in [5.74, 6) is -12.1. The van der Waals surface area contributed by atoms with Crippen molar-refractivity contribution in [2.45, 2.75) is 11.5 Å². The summed E-state index contributed by atoms with van der Waals surface area (Å²) in [5, 5.41) is 0. The van der Waals surface area contributed by atoms with Crippen molar-refractivity contribution in [1.82, 2.24) is 0 Å². The highest BCUT2D eigenvalue weighted by molar-refractivity contribution is 7.86. The zero-order valence-electron chi connectivity index (χ0n) is 10.6. The molecule has 0 bridgehead atoms. The molecular formula is C13H7F5O3S. The van der Waals surface area contributed by atoms with Crippen LogP contribution >= 0.6 is 0 Å². The molecule has 0 aromatic heterocycles. The lowest BCUT2D eigenvalue weighted by molar-refractivity contribution is 0.295. The minimum Gasteiger partial charge on any atom is -0.261 e. The van der Waals surface area contributed by atoms with Gasteiger partial charge in [-0.05, 0) is 5.56 Å². The Morgan fingerprint density at radius 3 is 1.73 bits per heavy atom. The van der Waals surface area contributed by atoms with Gasteiger partial charge in [-0.2, -0.15) is 8.42 Å². The van der Waals surface area contributed by atoms with Crippen LogP contribution in [0.3, 0.4) is 0 Å². The van der Waals surface area contributed by atoms with E-state index in [0.717, 1.165) is 0 Å². The van der Waals surface area contributed by atoms with Crippen molar-refractivity contribution in [3.05, 3.63) is 65.0 Å². The molecule has 22 heavy (non-hydrogen) atoms. The highest BCUT2D eigenvalue weighted by Gasteiger charge is 2.34. The molecule has 0 N–H and O–H groups in total. The quantitative estimate of drug-likeness (QED) is 0.372. The van der Waals surface area contributed by atoms with Gasteiger partial charge in [0.15, 0.2) is 28.2 Å². The van der Waals surface area contributed by atoms with Crippen molar-refractivity contribution in [2.75, 3.05) is 0 Å². The smallest absolute Gasteiger partial charge is 0.261 e. The summed E-state index contributed by atoms with van der Waals surface area (Å²) in [6, 6.07) is 7.62. The molecule has 0 saturated carbocycles. The van der Waals surface area contributed by atoms with E-state index in [1.807, 2.05) is 0 Å². The minimum atomic E-state index is -5.18. The van der Waals surface area contributed by atoms with Gasteiger partial charge in [-0.25, -0.2) is 22.0 Å². The first-order valence-electron chi connectivity index (χ1n) is 5.70. The Bertz CT molecular complexity index is 777. The molecule has 0 fully saturated rings. The molecule has 9 heteroatoms. The molecule has 0 aliphatic rings. The molecule has 118 valence electrons. The van der Waals surface area contributed by atoms with E-state index in [1.165, 1.54) is 12.1 Å². The highest BCUT2D eigenvalue weighted by Crippen LogP contribution is 2.28. The van der Waals surface area contributed by atoms with Crippen LogP contribution in [0.25, 0.3) is 0 Å². The second kappa shape index (κ2) is 6.01. The van der Waals surface area contributed by atoms with Gasteiger partial charge in [0, 0.05) is 0 Å². The molecule has 3 nitrogen and oxygen atoms in total. The van der Waals surface area contributed by atoms with E-state index in [0.29, 0.717) is 5.56 Å². The first-order chi connectivity index (χ1) is 10.3.